The zero-order valence-electron chi connectivity index (χ0n) is 11.4. The minimum atomic E-state index is -0.797. The van der Waals surface area contributed by atoms with E-state index in [1.165, 1.54) is 0 Å². The van der Waals surface area contributed by atoms with Crippen LogP contribution in [0.5, 0.6) is 0 Å². The molecule has 0 spiro atoms. The van der Waals surface area contributed by atoms with Gasteiger partial charge in [-0.25, -0.2) is 0 Å². The second kappa shape index (κ2) is 8.67. The van der Waals surface area contributed by atoms with Crippen LogP contribution in [0.1, 0.15) is 43.2 Å². The molecule has 19 heavy (non-hydrogen) atoms. The largest absolute Gasteiger partial charge is 0.481 e. The molecule has 0 amide bonds. The SMILES string of the molecule is CC(C(=O)O)c1ccc(CNCCCCCO)cc1. The molecule has 106 valence electrons. The van der Waals surface area contributed by atoms with Crippen molar-refractivity contribution in [3.05, 3.63) is 35.4 Å². The van der Waals surface area contributed by atoms with Crippen molar-refractivity contribution >= 4 is 5.97 Å². The number of hydrogen-bond acceptors (Lipinski definition) is 3. The standard InChI is InChI=1S/C15H23NO3/c1-12(15(18)19)14-7-5-13(6-8-14)11-16-9-3-2-4-10-17/h5-8,12,16-17H,2-4,9-11H2,1H3,(H,18,19). The van der Waals surface area contributed by atoms with E-state index in [9.17, 15) is 4.79 Å². The average Bonchev–Trinajstić information content (AvgIpc) is 2.42. The molecule has 0 heterocycles. The summed E-state index contributed by atoms with van der Waals surface area (Å²) in [6.07, 6.45) is 2.97. The van der Waals surface area contributed by atoms with E-state index < -0.39 is 11.9 Å². The van der Waals surface area contributed by atoms with Crippen LogP contribution in [0.2, 0.25) is 0 Å². The van der Waals surface area contributed by atoms with E-state index in [0.717, 1.165) is 43.5 Å². The van der Waals surface area contributed by atoms with Crippen LogP contribution >= 0.6 is 0 Å². The van der Waals surface area contributed by atoms with Gasteiger partial charge in [-0.05, 0) is 43.9 Å². The molecule has 0 aliphatic rings. The number of aliphatic hydroxyl groups excluding tert-OH is 1. The zero-order valence-corrected chi connectivity index (χ0v) is 11.4. The number of benzene rings is 1. The fraction of sp³-hybridized carbons (Fsp3) is 0.533. The molecule has 0 aliphatic heterocycles. The molecule has 0 radical (unpaired) electrons. The maximum absolute atomic E-state index is 10.9. The third-order valence-electron chi connectivity index (χ3n) is 3.19. The predicted octanol–water partition coefficient (Wildman–Crippen LogP) is 2.13. The lowest BCUT2D eigenvalue weighted by Crippen LogP contribution is -2.15. The van der Waals surface area contributed by atoms with Crippen LogP contribution in [0.25, 0.3) is 0 Å². The number of nitrogens with one attached hydrogen (secondary N) is 1. The predicted molar refractivity (Wildman–Crippen MR) is 75.1 cm³/mol. The topological polar surface area (TPSA) is 69.6 Å². The number of carbonyl (C=O) groups is 1. The number of rotatable bonds is 9. The number of hydrogen-bond donors (Lipinski definition) is 3. The fourth-order valence-electron chi connectivity index (χ4n) is 1.84. The molecule has 0 aliphatic carbocycles. The molecular formula is C15H23NO3. The lowest BCUT2D eigenvalue weighted by Gasteiger charge is -2.08. The third kappa shape index (κ3) is 5.85. The third-order valence-corrected chi connectivity index (χ3v) is 3.19. The van der Waals surface area contributed by atoms with Gasteiger partial charge in [-0.1, -0.05) is 24.3 Å². The first-order valence-corrected chi connectivity index (χ1v) is 6.78. The highest BCUT2D eigenvalue weighted by Gasteiger charge is 2.12. The highest BCUT2D eigenvalue weighted by molar-refractivity contribution is 5.75. The van der Waals surface area contributed by atoms with E-state index in [-0.39, 0.29) is 6.61 Å². The molecule has 0 fully saturated rings. The number of aliphatic carboxylic acids is 1. The molecule has 3 N–H and O–H groups in total. The van der Waals surface area contributed by atoms with E-state index in [1.807, 2.05) is 24.3 Å². The monoisotopic (exact) mass is 265 g/mol. The van der Waals surface area contributed by atoms with Crippen molar-refractivity contribution in [1.29, 1.82) is 0 Å². The highest BCUT2D eigenvalue weighted by atomic mass is 16.4. The van der Waals surface area contributed by atoms with Crippen molar-refractivity contribution in [3.8, 4) is 0 Å². The van der Waals surface area contributed by atoms with E-state index >= 15 is 0 Å². The Kier molecular flexibility index (Phi) is 7.15. The van der Waals surface area contributed by atoms with Gasteiger partial charge in [-0.3, -0.25) is 4.79 Å². The normalized spacial score (nSPS) is 12.3. The van der Waals surface area contributed by atoms with Gasteiger partial charge in [-0.15, -0.1) is 0 Å². The summed E-state index contributed by atoms with van der Waals surface area (Å²) in [5, 5.41) is 20.9. The second-order valence-corrected chi connectivity index (χ2v) is 4.76. The Hall–Kier alpha value is -1.39. The molecule has 0 bridgehead atoms. The summed E-state index contributed by atoms with van der Waals surface area (Å²) in [5.74, 6) is -1.25. The Labute approximate surface area is 114 Å². The van der Waals surface area contributed by atoms with Crippen molar-refractivity contribution in [1.82, 2.24) is 5.32 Å². The summed E-state index contributed by atoms with van der Waals surface area (Å²) in [7, 11) is 0. The summed E-state index contributed by atoms with van der Waals surface area (Å²) >= 11 is 0. The summed E-state index contributed by atoms with van der Waals surface area (Å²) in [6.45, 7) is 3.69. The first kappa shape index (κ1) is 15.7. The average molecular weight is 265 g/mol. The second-order valence-electron chi connectivity index (χ2n) is 4.76. The maximum Gasteiger partial charge on any atom is 0.310 e. The van der Waals surface area contributed by atoms with Gasteiger partial charge in [0.05, 0.1) is 5.92 Å². The van der Waals surface area contributed by atoms with Crippen molar-refractivity contribution in [2.45, 2.75) is 38.6 Å². The lowest BCUT2D eigenvalue weighted by atomic mass is 10.00. The smallest absolute Gasteiger partial charge is 0.310 e. The molecule has 0 aromatic heterocycles. The Balaban J connectivity index is 2.30. The van der Waals surface area contributed by atoms with Crippen molar-refractivity contribution in [2.75, 3.05) is 13.2 Å². The van der Waals surface area contributed by atoms with Gasteiger partial charge >= 0.3 is 5.97 Å². The number of carboxylic acids is 1. The molecule has 4 nitrogen and oxygen atoms in total. The van der Waals surface area contributed by atoms with Gasteiger partial charge in [0, 0.05) is 13.2 Å². The first-order valence-electron chi connectivity index (χ1n) is 6.78. The summed E-state index contributed by atoms with van der Waals surface area (Å²) in [6, 6.07) is 7.69. The van der Waals surface area contributed by atoms with E-state index in [2.05, 4.69) is 5.32 Å². The Bertz CT molecular complexity index is 375. The maximum atomic E-state index is 10.9. The Morgan fingerprint density at radius 1 is 1.21 bits per heavy atom. The number of carboxylic acid groups (broad SMARTS) is 1. The van der Waals surface area contributed by atoms with Crippen molar-refractivity contribution < 1.29 is 15.0 Å². The molecule has 1 aromatic rings. The Morgan fingerprint density at radius 2 is 1.89 bits per heavy atom. The van der Waals surface area contributed by atoms with E-state index in [1.54, 1.807) is 6.92 Å². The van der Waals surface area contributed by atoms with Gasteiger partial charge in [0.15, 0.2) is 0 Å². The molecule has 1 atom stereocenters. The minimum Gasteiger partial charge on any atom is -0.481 e. The first-order chi connectivity index (χ1) is 9.15. The summed E-state index contributed by atoms with van der Waals surface area (Å²) in [5.41, 5.74) is 1.99. The van der Waals surface area contributed by atoms with Gasteiger partial charge in [0.25, 0.3) is 0 Å². The summed E-state index contributed by atoms with van der Waals surface area (Å²) in [4.78, 5) is 10.9. The molecular weight excluding hydrogens is 242 g/mol. The van der Waals surface area contributed by atoms with Gasteiger partial charge in [-0.2, -0.15) is 0 Å². The molecule has 1 rings (SSSR count). The van der Waals surface area contributed by atoms with Crippen LogP contribution in [0, 0.1) is 0 Å². The van der Waals surface area contributed by atoms with Gasteiger partial charge in [0.2, 0.25) is 0 Å². The molecule has 1 unspecified atom stereocenters. The molecule has 4 heteroatoms. The number of unbranched alkanes of at least 4 members (excludes halogenated alkanes) is 2. The van der Waals surface area contributed by atoms with Gasteiger partial charge in [0.1, 0.15) is 0 Å². The lowest BCUT2D eigenvalue weighted by molar-refractivity contribution is -0.138. The van der Waals surface area contributed by atoms with Crippen molar-refractivity contribution in [2.24, 2.45) is 0 Å². The van der Waals surface area contributed by atoms with Crippen LogP contribution in [0.4, 0.5) is 0 Å². The van der Waals surface area contributed by atoms with Crippen molar-refractivity contribution in [3.63, 3.8) is 0 Å². The fourth-order valence-corrected chi connectivity index (χ4v) is 1.84. The highest BCUT2D eigenvalue weighted by Crippen LogP contribution is 2.15. The summed E-state index contributed by atoms with van der Waals surface area (Å²) < 4.78 is 0. The Morgan fingerprint density at radius 3 is 2.47 bits per heavy atom. The van der Waals surface area contributed by atoms with Gasteiger partial charge < -0.3 is 15.5 Å². The molecule has 0 saturated carbocycles. The van der Waals surface area contributed by atoms with Crippen LogP contribution in [-0.4, -0.2) is 29.3 Å². The quantitative estimate of drug-likeness (QED) is 0.598. The zero-order chi connectivity index (χ0) is 14.1. The van der Waals surface area contributed by atoms with Crippen LogP contribution in [0.15, 0.2) is 24.3 Å². The molecule has 1 aromatic carbocycles. The minimum absolute atomic E-state index is 0.267. The molecule has 0 saturated heterocycles. The number of aliphatic hydroxyl groups is 1. The van der Waals surface area contributed by atoms with Crippen LogP contribution in [-0.2, 0) is 11.3 Å². The van der Waals surface area contributed by atoms with Crippen LogP contribution < -0.4 is 5.32 Å². The van der Waals surface area contributed by atoms with E-state index in [0.29, 0.717) is 0 Å². The van der Waals surface area contributed by atoms with E-state index in [4.69, 9.17) is 10.2 Å². The van der Waals surface area contributed by atoms with Crippen LogP contribution in [0.3, 0.4) is 0 Å².